The van der Waals surface area contributed by atoms with Gasteiger partial charge in [0, 0.05) is 50.1 Å². The predicted octanol–water partition coefficient (Wildman–Crippen LogP) is 2.73. The van der Waals surface area contributed by atoms with Crippen molar-refractivity contribution in [2.75, 3.05) is 40.5 Å². The molecule has 0 unspecified atom stereocenters. The zero-order valence-corrected chi connectivity index (χ0v) is 15.9. The summed E-state index contributed by atoms with van der Waals surface area (Å²) >= 11 is 1.55. The van der Waals surface area contributed by atoms with Crippen molar-refractivity contribution in [3.63, 3.8) is 0 Å². The summed E-state index contributed by atoms with van der Waals surface area (Å²) in [6.07, 6.45) is 2.33. The number of carbonyl (C=O) groups is 1. The van der Waals surface area contributed by atoms with Gasteiger partial charge in [-0.15, -0.1) is 11.3 Å². The summed E-state index contributed by atoms with van der Waals surface area (Å²) in [6, 6.07) is 10.1. The summed E-state index contributed by atoms with van der Waals surface area (Å²) in [5.74, 6) is 0.0637. The van der Waals surface area contributed by atoms with Crippen LogP contribution in [0.4, 0.5) is 0 Å². The van der Waals surface area contributed by atoms with Crippen molar-refractivity contribution in [2.24, 2.45) is 0 Å². The first-order valence-electron chi connectivity index (χ1n) is 8.49. The van der Waals surface area contributed by atoms with Gasteiger partial charge in [0.2, 0.25) is 5.91 Å². The molecule has 138 valence electrons. The third-order valence-electron chi connectivity index (χ3n) is 4.17. The Balaban J connectivity index is 1.77. The molecule has 2 heterocycles. The molecule has 3 aromatic rings. The number of carbonyl (C=O) groups excluding carboxylic acids is 1. The van der Waals surface area contributed by atoms with Crippen LogP contribution in [0.25, 0.3) is 16.2 Å². The van der Waals surface area contributed by atoms with Gasteiger partial charge >= 0.3 is 0 Å². The molecule has 0 atom stereocenters. The highest BCUT2D eigenvalue weighted by molar-refractivity contribution is 7.15. The molecule has 1 aromatic carbocycles. The molecule has 7 heteroatoms. The van der Waals surface area contributed by atoms with Crippen molar-refractivity contribution >= 4 is 22.2 Å². The van der Waals surface area contributed by atoms with E-state index in [1.165, 1.54) is 0 Å². The largest absolute Gasteiger partial charge is 0.383 e. The van der Waals surface area contributed by atoms with Crippen LogP contribution in [0.3, 0.4) is 0 Å². The second kappa shape index (κ2) is 8.93. The van der Waals surface area contributed by atoms with E-state index in [1.807, 2.05) is 46.3 Å². The van der Waals surface area contributed by atoms with E-state index in [0.29, 0.717) is 32.7 Å². The third-order valence-corrected chi connectivity index (χ3v) is 5.06. The Morgan fingerprint density at radius 1 is 1.15 bits per heavy atom. The Labute approximate surface area is 157 Å². The van der Waals surface area contributed by atoms with Gasteiger partial charge < -0.3 is 14.4 Å². The third kappa shape index (κ3) is 4.30. The van der Waals surface area contributed by atoms with Gasteiger partial charge in [-0.2, -0.15) is 0 Å². The molecular weight excluding hydrogens is 350 g/mol. The number of aromatic nitrogens is 2. The number of amides is 1. The van der Waals surface area contributed by atoms with Gasteiger partial charge in [-0.25, -0.2) is 4.98 Å². The van der Waals surface area contributed by atoms with E-state index >= 15 is 0 Å². The fraction of sp³-hybridized carbons (Fsp3) is 0.368. The minimum absolute atomic E-state index is 0.0637. The van der Waals surface area contributed by atoms with Crippen LogP contribution < -0.4 is 0 Å². The van der Waals surface area contributed by atoms with Crippen LogP contribution in [-0.2, 0) is 20.7 Å². The lowest BCUT2D eigenvalue weighted by atomic mass is 10.2. The summed E-state index contributed by atoms with van der Waals surface area (Å²) < 4.78 is 12.2. The minimum atomic E-state index is 0.0637. The summed E-state index contributed by atoms with van der Waals surface area (Å²) in [7, 11) is 3.27. The number of ether oxygens (including phenoxy) is 2. The Morgan fingerprint density at radius 3 is 2.50 bits per heavy atom. The molecule has 0 N–H and O–H groups in total. The van der Waals surface area contributed by atoms with Crippen LogP contribution >= 0.6 is 11.3 Å². The van der Waals surface area contributed by atoms with E-state index < -0.39 is 0 Å². The van der Waals surface area contributed by atoms with Gasteiger partial charge in [0.1, 0.15) is 0 Å². The first kappa shape index (κ1) is 18.6. The van der Waals surface area contributed by atoms with Crippen molar-refractivity contribution < 1.29 is 14.3 Å². The molecule has 0 spiro atoms. The SMILES string of the molecule is COCCN(CCOC)C(=O)Cc1csc2nc(-c3ccccc3)cn12. The predicted molar refractivity (Wildman–Crippen MR) is 103 cm³/mol. The summed E-state index contributed by atoms with van der Waals surface area (Å²) in [5.41, 5.74) is 2.94. The number of hydrogen-bond donors (Lipinski definition) is 0. The Bertz CT molecular complexity index is 836. The average Bonchev–Trinajstić information content (AvgIpc) is 3.24. The van der Waals surface area contributed by atoms with Crippen LogP contribution in [0.5, 0.6) is 0 Å². The minimum Gasteiger partial charge on any atom is -0.383 e. The molecule has 0 aliphatic rings. The van der Waals surface area contributed by atoms with Crippen molar-refractivity contribution in [1.82, 2.24) is 14.3 Å². The molecule has 0 saturated heterocycles. The highest BCUT2D eigenvalue weighted by Gasteiger charge is 2.17. The molecule has 0 fully saturated rings. The van der Waals surface area contributed by atoms with Crippen molar-refractivity contribution in [2.45, 2.75) is 6.42 Å². The Morgan fingerprint density at radius 2 is 1.85 bits per heavy atom. The monoisotopic (exact) mass is 373 g/mol. The number of benzene rings is 1. The quantitative estimate of drug-likeness (QED) is 0.579. The van der Waals surface area contributed by atoms with Crippen LogP contribution in [0.15, 0.2) is 41.9 Å². The van der Waals surface area contributed by atoms with Crippen LogP contribution in [0, 0.1) is 0 Å². The lowest BCUT2D eigenvalue weighted by Gasteiger charge is -2.21. The summed E-state index contributed by atoms with van der Waals surface area (Å²) in [5, 5.41) is 2.00. The second-order valence-corrected chi connectivity index (χ2v) is 6.75. The molecule has 6 nitrogen and oxygen atoms in total. The van der Waals surface area contributed by atoms with Crippen LogP contribution in [-0.4, -0.2) is 60.7 Å². The summed E-state index contributed by atoms with van der Waals surface area (Å²) in [6.45, 7) is 2.14. The molecule has 0 aliphatic carbocycles. The van der Waals surface area contributed by atoms with E-state index in [4.69, 9.17) is 9.47 Å². The maximum atomic E-state index is 12.7. The number of rotatable bonds is 9. The Hall–Kier alpha value is -2.22. The first-order chi connectivity index (χ1) is 12.7. The molecule has 0 bridgehead atoms. The maximum Gasteiger partial charge on any atom is 0.228 e. The number of hydrogen-bond acceptors (Lipinski definition) is 5. The smallest absolute Gasteiger partial charge is 0.228 e. The molecule has 0 saturated carbocycles. The van der Waals surface area contributed by atoms with E-state index in [-0.39, 0.29) is 5.91 Å². The van der Waals surface area contributed by atoms with Gasteiger partial charge in [0.15, 0.2) is 4.96 Å². The lowest BCUT2D eigenvalue weighted by molar-refractivity contribution is -0.131. The molecule has 1 amide bonds. The van der Waals surface area contributed by atoms with Crippen molar-refractivity contribution in [3.05, 3.63) is 47.6 Å². The van der Waals surface area contributed by atoms with Gasteiger partial charge in [0.05, 0.1) is 25.3 Å². The Kier molecular flexibility index (Phi) is 6.38. The summed E-state index contributed by atoms with van der Waals surface area (Å²) in [4.78, 5) is 20.1. The van der Waals surface area contributed by atoms with Crippen molar-refractivity contribution in [3.8, 4) is 11.3 Å². The molecule has 26 heavy (non-hydrogen) atoms. The van der Waals surface area contributed by atoms with Gasteiger partial charge in [0.25, 0.3) is 0 Å². The van der Waals surface area contributed by atoms with E-state index in [0.717, 1.165) is 21.9 Å². The number of thiazole rings is 1. The zero-order valence-electron chi connectivity index (χ0n) is 15.1. The van der Waals surface area contributed by atoms with E-state index in [2.05, 4.69) is 4.98 Å². The van der Waals surface area contributed by atoms with Crippen LogP contribution in [0.2, 0.25) is 0 Å². The van der Waals surface area contributed by atoms with Gasteiger partial charge in [-0.05, 0) is 0 Å². The molecular formula is C19H23N3O3S. The number of methoxy groups -OCH3 is 2. The molecule has 3 rings (SSSR count). The van der Waals surface area contributed by atoms with E-state index in [1.54, 1.807) is 30.5 Å². The fourth-order valence-electron chi connectivity index (χ4n) is 2.74. The highest BCUT2D eigenvalue weighted by atomic mass is 32.1. The molecule has 0 radical (unpaired) electrons. The number of fused-ring (bicyclic) bond motifs is 1. The lowest BCUT2D eigenvalue weighted by Crippen LogP contribution is -2.37. The molecule has 2 aromatic heterocycles. The first-order valence-corrected chi connectivity index (χ1v) is 9.37. The average molecular weight is 373 g/mol. The van der Waals surface area contributed by atoms with Gasteiger partial charge in [-0.3, -0.25) is 9.20 Å². The zero-order chi connectivity index (χ0) is 18.4. The van der Waals surface area contributed by atoms with Gasteiger partial charge in [-0.1, -0.05) is 30.3 Å². The fourth-order valence-corrected chi connectivity index (χ4v) is 3.61. The number of nitrogens with zero attached hydrogens (tertiary/aromatic N) is 3. The normalized spacial score (nSPS) is 11.2. The highest BCUT2D eigenvalue weighted by Crippen LogP contribution is 2.24. The van der Waals surface area contributed by atoms with Crippen molar-refractivity contribution in [1.29, 1.82) is 0 Å². The van der Waals surface area contributed by atoms with E-state index in [9.17, 15) is 4.79 Å². The standard InChI is InChI=1S/C19H23N3O3S/c1-24-10-8-21(9-11-25-2)18(23)12-16-14-26-19-20-17(13-22(16)19)15-6-4-3-5-7-15/h3-7,13-14H,8-12H2,1-2H3. The second-order valence-electron chi connectivity index (χ2n) is 5.91. The molecule has 0 aliphatic heterocycles. The van der Waals surface area contributed by atoms with Crippen LogP contribution in [0.1, 0.15) is 5.69 Å². The number of imidazole rings is 1. The topological polar surface area (TPSA) is 56.1 Å². The maximum absolute atomic E-state index is 12.7.